The van der Waals surface area contributed by atoms with Gasteiger partial charge < -0.3 is 0 Å². The van der Waals surface area contributed by atoms with Gasteiger partial charge in [0.15, 0.2) is 0 Å². The van der Waals surface area contributed by atoms with E-state index in [9.17, 15) is 0 Å². The predicted molar refractivity (Wildman–Crippen MR) is 53.8 cm³/mol. The summed E-state index contributed by atoms with van der Waals surface area (Å²) in [5.74, 6) is 0. The van der Waals surface area contributed by atoms with Crippen LogP contribution in [0.5, 0.6) is 0 Å². The predicted octanol–water partition coefficient (Wildman–Crippen LogP) is 3.81. The number of hydrogen-bond acceptors (Lipinski definition) is 0. The highest BCUT2D eigenvalue weighted by atomic mass is 13.9. The van der Waals surface area contributed by atoms with E-state index < -0.39 is 0 Å². The van der Waals surface area contributed by atoms with Crippen LogP contribution in [0.4, 0.5) is 0 Å². The van der Waals surface area contributed by atoms with Gasteiger partial charge in [-0.3, -0.25) is 0 Å². The Labute approximate surface area is 75.7 Å². The monoisotopic (exact) mass is 161 g/mol. The Morgan fingerprint density at radius 3 is 2.50 bits per heavy atom. The number of allylic oxidation sites excluding steroid dienone is 6. The Morgan fingerprint density at radius 2 is 1.58 bits per heavy atom. The molecule has 1 aliphatic rings. The average molecular weight is 161 g/mol. The lowest BCUT2D eigenvalue weighted by Crippen LogP contribution is -1.74. The molecule has 0 amide bonds. The number of rotatable bonds is 0. The molecule has 0 fully saturated rings. The van der Waals surface area contributed by atoms with E-state index in [0.717, 1.165) is 12.8 Å². The first-order valence-corrected chi connectivity index (χ1v) is 4.87. The third-order valence-electron chi connectivity index (χ3n) is 1.95. The van der Waals surface area contributed by atoms with E-state index in [1.165, 1.54) is 25.7 Å². The van der Waals surface area contributed by atoms with Crippen molar-refractivity contribution in [3.05, 3.63) is 36.5 Å². The molecule has 0 aliphatic heterocycles. The minimum Gasteiger partial charge on any atom is -0.0845 e. The highest BCUT2D eigenvalue weighted by Gasteiger charge is 1.84. The molecule has 0 aromatic carbocycles. The summed E-state index contributed by atoms with van der Waals surface area (Å²) in [7, 11) is 0. The number of hydrogen-bond donors (Lipinski definition) is 0. The van der Waals surface area contributed by atoms with E-state index >= 15 is 0 Å². The third-order valence-corrected chi connectivity index (χ3v) is 1.95. The second kappa shape index (κ2) is 6.90. The lowest BCUT2D eigenvalue weighted by atomic mass is 10.1. The van der Waals surface area contributed by atoms with Crippen molar-refractivity contribution in [2.24, 2.45) is 0 Å². The molecule has 0 aromatic rings. The van der Waals surface area contributed by atoms with Crippen LogP contribution in [0.1, 0.15) is 38.5 Å². The zero-order valence-corrected chi connectivity index (χ0v) is 7.63. The summed E-state index contributed by atoms with van der Waals surface area (Å²) in [5.41, 5.74) is 0. The Hall–Kier alpha value is -0.780. The maximum atomic E-state index is 3.30. The van der Waals surface area contributed by atoms with Crippen LogP contribution in [0.3, 0.4) is 0 Å². The van der Waals surface area contributed by atoms with E-state index in [1.807, 2.05) is 0 Å². The maximum Gasteiger partial charge on any atom is -0.0245 e. The average Bonchev–Trinajstić information content (AvgIpc) is 2.05. The molecular formula is C12H17. The lowest BCUT2D eigenvalue weighted by molar-refractivity contribution is 0.758. The van der Waals surface area contributed by atoms with Crippen LogP contribution in [-0.4, -0.2) is 0 Å². The van der Waals surface area contributed by atoms with Crippen molar-refractivity contribution in [2.45, 2.75) is 38.5 Å². The molecule has 0 bridgehead atoms. The fourth-order valence-corrected chi connectivity index (χ4v) is 1.23. The highest BCUT2D eigenvalue weighted by molar-refractivity contribution is 5.02. The first kappa shape index (κ1) is 9.31. The molecule has 1 radical (unpaired) electrons. The summed E-state index contributed by atoms with van der Waals surface area (Å²) in [6.07, 6.45) is 21.5. The van der Waals surface area contributed by atoms with Crippen molar-refractivity contribution in [3.63, 3.8) is 0 Å². The van der Waals surface area contributed by atoms with E-state index in [4.69, 9.17) is 0 Å². The van der Waals surface area contributed by atoms with E-state index in [1.54, 1.807) is 0 Å². The van der Waals surface area contributed by atoms with Crippen LogP contribution in [0.2, 0.25) is 0 Å². The molecule has 0 atom stereocenters. The van der Waals surface area contributed by atoms with Crippen LogP contribution in [-0.2, 0) is 0 Å². The van der Waals surface area contributed by atoms with E-state index in [-0.39, 0.29) is 0 Å². The standard InChI is InChI=1S/C12H17/c1-2-4-6-8-10-12-11-9-7-5-3-1/h1-4,12H,5-9,11H2/b3-1+,4-2-,12-10?. The van der Waals surface area contributed by atoms with Crippen LogP contribution in [0.25, 0.3) is 0 Å². The normalized spacial score (nSPS) is 28.0. The lowest BCUT2D eigenvalue weighted by Gasteiger charge is -1.93. The van der Waals surface area contributed by atoms with Crippen LogP contribution < -0.4 is 0 Å². The fraction of sp³-hybridized carbons (Fsp3) is 0.500. The van der Waals surface area contributed by atoms with Gasteiger partial charge in [0.2, 0.25) is 0 Å². The van der Waals surface area contributed by atoms with Crippen LogP contribution in [0, 0.1) is 6.08 Å². The Kier molecular flexibility index (Phi) is 5.35. The molecule has 0 unspecified atom stereocenters. The molecular weight excluding hydrogens is 144 g/mol. The van der Waals surface area contributed by atoms with Crippen molar-refractivity contribution >= 4 is 0 Å². The zero-order chi connectivity index (χ0) is 8.49. The zero-order valence-electron chi connectivity index (χ0n) is 7.63. The fourth-order valence-electron chi connectivity index (χ4n) is 1.23. The molecule has 12 heavy (non-hydrogen) atoms. The van der Waals surface area contributed by atoms with Gasteiger partial charge in [-0.25, -0.2) is 0 Å². The second-order valence-electron chi connectivity index (χ2n) is 3.09. The molecule has 0 spiro atoms. The third kappa shape index (κ3) is 4.95. The smallest absolute Gasteiger partial charge is 0.0245 e. The quantitative estimate of drug-likeness (QED) is 0.506. The van der Waals surface area contributed by atoms with Crippen molar-refractivity contribution in [2.75, 3.05) is 0 Å². The van der Waals surface area contributed by atoms with Gasteiger partial charge in [0.1, 0.15) is 0 Å². The summed E-state index contributed by atoms with van der Waals surface area (Å²) < 4.78 is 0. The van der Waals surface area contributed by atoms with Gasteiger partial charge >= 0.3 is 0 Å². The SMILES string of the molecule is [C]1=C\CCCC/C=C/C=C\CC/1. The van der Waals surface area contributed by atoms with Crippen LogP contribution >= 0.6 is 0 Å². The minimum atomic E-state index is 1.07. The summed E-state index contributed by atoms with van der Waals surface area (Å²) in [6.45, 7) is 0. The molecule has 0 aromatic heterocycles. The largest absolute Gasteiger partial charge is 0.0845 e. The van der Waals surface area contributed by atoms with Gasteiger partial charge in [0.25, 0.3) is 0 Å². The molecule has 0 saturated heterocycles. The van der Waals surface area contributed by atoms with Crippen LogP contribution in [0.15, 0.2) is 30.4 Å². The van der Waals surface area contributed by atoms with E-state index in [2.05, 4.69) is 36.5 Å². The molecule has 65 valence electrons. The molecule has 0 heterocycles. The van der Waals surface area contributed by atoms with Gasteiger partial charge in [-0.1, -0.05) is 30.4 Å². The maximum absolute atomic E-state index is 3.30. The highest BCUT2D eigenvalue weighted by Crippen LogP contribution is 2.04. The van der Waals surface area contributed by atoms with Crippen molar-refractivity contribution < 1.29 is 0 Å². The summed E-state index contributed by atoms with van der Waals surface area (Å²) >= 11 is 0. The van der Waals surface area contributed by atoms with Crippen molar-refractivity contribution in [3.8, 4) is 0 Å². The molecule has 0 heteroatoms. The topological polar surface area (TPSA) is 0 Å². The first-order chi connectivity index (χ1) is 6.00. The summed E-state index contributed by atoms with van der Waals surface area (Å²) in [4.78, 5) is 0. The molecule has 0 nitrogen and oxygen atoms in total. The second-order valence-corrected chi connectivity index (χ2v) is 3.09. The molecule has 1 rings (SSSR count). The summed E-state index contributed by atoms with van der Waals surface area (Å²) in [6, 6.07) is 0. The molecule has 0 N–H and O–H groups in total. The Balaban J connectivity index is 2.31. The van der Waals surface area contributed by atoms with E-state index in [0.29, 0.717) is 0 Å². The van der Waals surface area contributed by atoms with Crippen molar-refractivity contribution in [1.82, 2.24) is 0 Å². The Bertz CT molecular complexity index is 172. The van der Waals surface area contributed by atoms with Gasteiger partial charge in [0.05, 0.1) is 0 Å². The Morgan fingerprint density at radius 1 is 0.833 bits per heavy atom. The van der Waals surface area contributed by atoms with Gasteiger partial charge in [-0.15, -0.1) is 0 Å². The molecule has 1 aliphatic carbocycles. The molecule has 0 saturated carbocycles. The summed E-state index contributed by atoms with van der Waals surface area (Å²) in [5, 5.41) is 0. The van der Waals surface area contributed by atoms with Gasteiger partial charge in [0, 0.05) is 0 Å². The minimum absolute atomic E-state index is 1.07. The van der Waals surface area contributed by atoms with Gasteiger partial charge in [-0.05, 0) is 44.6 Å². The van der Waals surface area contributed by atoms with Crippen molar-refractivity contribution in [1.29, 1.82) is 0 Å². The first-order valence-electron chi connectivity index (χ1n) is 4.87. The van der Waals surface area contributed by atoms with Gasteiger partial charge in [-0.2, -0.15) is 0 Å².